The van der Waals surface area contributed by atoms with E-state index in [0.29, 0.717) is 13.2 Å². The highest BCUT2D eigenvalue weighted by molar-refractivity contribution is 9.10. The molecule has 1 atom stereocenters. The summed E-state index contributed by atoms with van der Waals surface area (Å²) in [4.78, 5) is 10.4. The number of carbonyl (C=O) groups is 1. The second-order valence-electron chi connectivity index (χ2n) is 3.64. The van der Waals surface area contributed by atoms with Crippen molar-refractivity contribution in [2.45, 2.75) is 12.5 Å². The van der Waals surface area contributed by atoms with E-state index in [2.05, 4.69) is 27.3 Å². The van der Waals surface area contributed by atoms with E-state index in [1.807, 2.05) is 12.1 Å². The quantitative estimate of drug-likeness (QED) is 0.877. The third-order valence-electron chi connectivity index (χ3n) is 2.58. The van der Waals surface area contributed by atoms with Crippen LogP contribution in [0.5, 0.6) is 0 Å². The van der Waals surface area contributed by atoms with E-state index in [0.717, 1.165) is 16.5 Å². The Kier molecular flexibility index (Phi) is 3.46. The van der Waals surface area contributed by atoms with Crippen molar-refractivity contribution in [2.24, 2.45) is 0 Å². The van der Waals surface area contributed by atoms with Crippen LogP contribution in [-0.2, 0) is 11.2 Å². The highest BCUT2D eigenvalue weighted by Crippen LogP contribution is 2.28. The molecule has 1 aromatic carbocycles. The number of rotatable bonds is 2. The summed E-state index contributed by atoms with van der Waals surface area (Å²) in [5, 5.41) is 10.9. The molecular weight excluding hydrogens is 274 g/mol. The third-order valence-corrected chi connectivity index (χ3v) is 3.07. The van der Waals surface area contributed by atoms with Crippen LogP contribution in [0.25, 0.3) is 0 Å². The highest BCUT2D eigenvalue weighted by atomic mass is 79.9. The van der Waals surface area contributed by atoms with Crippen LogP contribution < -0.4 is 5.32 Å². The molecule has 0 spiro atoms. The molecule has 2 N–H and O–H groups in total. The van der Waals surface area contributed by atoms with Crippen LogP contribution in [0.3, 0.4) is 0 Å². The smallest absolute Gasteiger partial charge is 0.404 e. The molecule has 1 heterocycles. The van der Waals surface area contributed by atoms with Gasteiger partial charge >= 0.3 is 6.09 Å². The maximum Gasteiger partial charge on any atom is 0.404 e. The van der Waals surface area contributed by atoms with E-state index >= 15 is 0 Å². The van der Waals surface area contributed by atoms with Crippen LogP contribution >= 0.6 is 15.9 Å². The van der Waals surface area contributed by atoms with E-state index in [1.54, 1.807) is 0 Å². The number of benzene rings is 1. The summed E-state index contributed by atoms with van der Waals surface area (Å²) in [6.07, 6.45) is -0.320. The number of hydrogen-bond donors (Lipinski definition) is 2. The highest BCUT2D eigenvalue weighted by Gasteiger charge is 2.21. The molecule has 0 aliphatic carbocycles. The molecule has 0 aromatic heterocycles. The van der Waals surface area contributed by atoms with Gasteiger partial charge in [0.05, 0.1) is 13.2 Å². The fourth-order valence-corrected chi connectivity index (χ4v) is 2.26. The van der Waals surface area contributed by atoms with Crippen LogP contribution in [-0.4, -0.2) is 24.4 Å². The van der Waals surface area contributed by atoms with Crippen molar-refractivity contribution in [3.63, 3.8) is 0 Å². The van der Waals surface area contributed by atoms with E-state index in [-0.39, 0.29) is 6.10 Å². The minimum absolute atomic E-state index is 0.173. The minimum Gasteiger partial charge on any atom is -0.465 e. The van der Waals surface area contributed by atoms with Crippen molar-refractivity contribution >= 4 is 22.0 Å². The fourth-order valence-electron chi connectivity index (χ4n) is 1.85. The number of carboxylic acid groups (broad SMARTS) is 1. The first kappa shape index (κ1) is 11.4. The molecule has 4 nitrogen and oxygen atoms in total. The predicted octanol–water partition coefficient (Wildman–Crippen LogP) is 2.33. The maximum atomic E-state index is 10.4. The van der Waals surface area contributed by atoms with Gasteiger partial charge in [-0.25, -0.2) is 4.79 Å². The Balaban J connectivity index is 2.16. The SMILES string of the molecule is O=C(O)NCC1OCCc2cc(Br)ccc21. The van der Waals surface area contributed by atoms with E-state index in [4.69, 9.17) is 9.84 Å². The van der Waals surface area contributed by atoms with Gasteiger partial charge in [-0.2, -0.15) is 0 Å². The van der Waals surface area contributed by atoms with Crippen LogP contribution in [0, 0.1) is 0 Å². The maximum absolute atomic E-state index is 10.4. The lowest BCUT2D eigenvalue weighted by Gasteiger charge is -2.26. The molecule has 1 amide bonds. The third kappa shape index (κ3) is 2.54. The zero-order valence-corrected chi connectivity index (χ0v) is 10.2. The molecule has 16 heavy (non-hydrogen) atoms. The fraction of sp³-hybridized carbons (Fsp3) is 0.364. The van der Waals surface area contributed by atoms with Gasteiger partial charge in [0.25, 0.3) is 0 Å². The summed E-state index contributed by atoms with van der Waals surface area (Å²) < 4.78 is 6.59. The molecule has 0 saturated carbocycles. The molecule has 0 bridgehead atoms. The van der Waals surface area contributed by atoms with Gasteiger partial charge in [0, 0.05) is 4.47 Å². The molecule has 1 aromatic rings. The Hall–Kier alpha value is -1.07. The second-order valence-corrected chi connectivity index (χ2v) is 4.55. The molecule has 5 heteroatoms. The van der Waals surface area contributed by atoms with Gasteiger partial charge in [0.15, 0.2) is 0 Å². The van der Waals surface area contributed by atoms with Gasteiger partial charge in [-0.05, 0) is 29.7 Å². The molecule has 1 aliphatic rings. The Morgan fingerprint density at radius 3 is 3.19 bits per heavy atom. The van der Waals surface area contributed by atoms with Crippen molar-refractivity contribution < 1.29 is 14.6 Å². The first-order valence-corrected chi connectivity index (χ1v) is 5.83. The van der Waals surface area contributed by atoms with E-state index < -0.39 is 6.09 Å². The topological polar surface area (TPSA) is 58.6 Å². The molecule has 0 radical (unpaired) electrons. The molecule has 86 valence electrons. The zero-order valence-electron chi connectivity index (χ0n) is 8.57. The van der Waals surface area contributed by atoms with Crippen molar-refractivity contribution in [3.05, 3.63) is 33.8 Å². The van der Waals surface area contributed by atoms with Crippen LogP contribution in [0.4, 0.5) is 4.79 Å². The van der Waals surface area contributed by atoms with Crippen molar-refractivity contribution in [1.29, 1.82) is 0 Å². The van der Waals surface area contributed by atoms with Crippen molar-refractivity contribution in [1.82, 2.24) is 5.32 Å². The minimum atomic E-state index is -1.02. The summed E-state index contributed by atoms with van der Waals surface area (Å²) in [6, 6.07) is 5.99. The van der Waals surface area contributed by atoms with Gasteiger partial charge in [-0.3, -0.25) is 0 Å². The lowest BCUT2D eigenvalue weighted by atomic mass is 9.98. The summed E-state index contributed by atoms with van der Waals surface area (Å²) in [6.45, 7) is 0.930. The zero-order chi connectivity index (χ0) is 11.5. The van der Waals surface area contributed by atoms with Gasteiger partial charge in [-0.15, -0.1) is 0 Å². The predicted molar refractivity (Wildman–Crippen MR) is 62.6 cm³/mol. The number of hydrogen-bond acceptors (Lipinski definition) is 2. The Morgan fingerprint density at radius 2 is 2.44 bits per heavy atom. The molecule has 0 fully saturated rings. The van der Waals surface area contributed by atoms with Gasteiger partial charge in [-0.1, -0.05) is 22.0 Å². The number of nitrogens with one attached hydrogen (secondary N) is 1. The molecule has 1 unspecified atom stereocenters. The Bertz CT molecular complexity index is 408. The molecular formula is C11H12BrNO3. The van der Waals surface area contributed by atoms with Crippen molar-refractivity contribution in [2.75, 3.05) is 13.2 Å². The van der Waals surface area contributed by atoms with Gasteiger partial charge < -0.3 is 15.2 Å². The number of halogens is 1. The molecule has 1 aliphatic heterocycles. The average Bonchev–Trinajstić information content (AvgIpc) is 2.25. The number of ether oxygens (including phenoxy) is 1. The van der Waals surface area contributed by atoms with Crippen LogP contribution in [0.15, 0.2) is 22.7 Å². The number of fused-ring (bicyclic) bond motifs is 1. The summed E-state index contributed by atoms with van der Waals surface area (Å²) >= 11 is 3.42. The Labute approximate surface area is 102 Å². The molecule has 0 saturated heterocycles. The molecule has 2 rings (SSSR count). The summed E-state index contributed by atoms with van der Waals surface area (Å²) in [5.74, 6) is 0. The summed E-state index contributed by atoms with van der Waals surface area (Å²) in [7, 11) is 0. The summed E-state index contributed by atoms with van der Waals surface area (Å²) in [5.41, 5.74) is 2.29. The first-order chi connectivity index (χ1) is 7.66. The van der Waals surface area contributed by atoms with Gasteiger partial charge in [0.2, 0.25) is 0 Å². The number of amides is 1. The largest absolute Gasteiger partial charge is 0.465 e. The standard InChI is InChI=1S/C11H12BrNO3/c12-8-1-2-9-7(5-8)3-4-16-10(9)6-13-11(14)15/h1-2,5,10,13H,3-4,6H2,(H,14,15). The first-order valence-electron chi connectivity index (χ1n) is 5.03. The van der Waals surface area contributed by atoms with Crippen molar-refractivity contribution in [3.8, 4) is 0 Å². The Morgan fingerprint density at radius 1 is 1.62 bits per heavy atom. The van der Waals surface area contributed by atoms with E-state index in [1.165, 1.54) is 5.56 Å². The second kappa shape index (κ2) is 4.84. The van der Waals surface area contributed by atoms with Crippen LogP contribution in [0.1, 0.15) is 17.2 Å². The van der Waals surface area contributed by atoms with Gasteiger partial charge in [0.1, 0.15) is 6.10 Å². The lowest BCUT2D eigenvalue weighted by molar-refractivity contribution is 0.0426. The normalized spacial score (nSPS) is 18.9. The average molecular weight is 286 g/mol. The van der Waals surface area contributed by atoms with Crippen LogP contribution in [0.2, 0.25) is 0 Å². The monoisotopic (exact) mass is 285 g/mol. The van der Waals surface area contributed by atoms with E-state index in [9.17, 15) is 4.79 Å². The lowest BCUT2D eigenvalue weighted by Crippen LogP contribution is -2.30.